The number of nitrogens with one attached hydrogen (secondary N) is 2. The molecule has 1 heterocycles. The van der Waals surface area contributed by atoms with Crippen LogP contribution in [0.15, 0.2) is 18.3 Å². The Morgan fingerprint density at radius 1 is 1.35 bits per heavy atom. The van der Waals surface area contributed by atoms with Crippen LogP contribution in [0.1, 0.15) is 16.8 Å². The van der Waals surface area contributed by atoms with E-state index in [-0.39, 0.29) is 5.91 Å². The van der Waals surface area contributed by atoms with Crippen molar-refractivity contribution in [2.24, 2.45) is 0 Å². The molecule has 112 valence electrons. The van der Waals surface area contributed by atoms with Gasteiger partial charge in [-0.05, 0) is 32.6 Å². The van der Waals surface area contributed by atoms with E-state index in [1.807, 2.05) is 20.2 Å². The second-order valence-electron chi connectivity index (χ2n) is 4.76. The molecule has 0 radical (unpaired) electrons. The number of amides is 1. The number of likely N-dealkylation sites (N-methyl/N-ethyl adjacent to an activating group) is 1. The van der Waals surface area contributed by atoms with Gasteiger partial charge in [0.05, 0.1) is 5.56 Å². The van der Waals surface area contributed by atoms with Crippen molar-refractivity contribution in [1.82, 2.24) is 15.2 Å². The highest BCUT2D eigenvalue weighted by Gasteiger charge is 2.05. The van der Waals surface area contributed by atoms with Crippen molar-refractivity contribution in [3.63, 3.8) is 0 Å². The van der Waals surface area contributed by atoms with E-state index in [4.69, 9.17) is 4.74 Å². The van der Waals surface area contributed by atoms with Crippen molar-refractivity contribution in [1.29, 1.82) is 0 Å². The number of anilines is 1. The monoisotopic (exact) mass is 280 g/mol. The molecule has 0 spiro atoms. The number of nitrogens with zero attached hydrogens (tertiary/aromatic N) is 2. The third-order valence-electron chi connectivity index (χ3n) is 2.70. The Hall–Kier alpha value is -1.66. The highest BCUT2D eigenvalue weighted by molar-refractivity contribution is 5.93. The molecule has 6 nitrogen and oxygen atoms in total. The zero-order valence-electron chi connectivity index (χ0n) is 12.5. The number of carbonyl (C=O) groups is 1. The van der Waals surface area contributed by atoms with Gasteiger partial charge in [0, 0.05) is 39.5 Å². The van der Waals surface area contributed by atoms with Gasteiger partial charge in [0.1, 0.15) is 5.82 Å². The molecule has 0 aliphatic heterocycles. The lowest BCUT2D eigenvalue weighted by molar-refractivity contribution is 0.0948. The molecule has 1 rings (SSSR count). The van der Waals surface area contributed by atoms with Gasteiger partial charge in [-0.3, -0.25) is 4.79 Å². The summed E-state index contributed by atoms with van der Waals surface area (Å²) in [6.45, 7) is 3.01. The fourth-order valence-corrected chi connectivity index (χ4v) is 1.56. The van der Waals surface area contributed by atoms with E-state index in [1.165, 1.54) is 0 Å². The number of hydrogen-bond donors (Lipinski definition) is 2. The van der Waals surface area contributed by atoms with Gasteiger partial charge in [0.15, 0.2) is 0 Å². The van der Waals surface area contributed by atoms with Crippen LogP contribution in [0.3, 0.4) is 0 Å². The number of aromatic nitrogens is 1. The number of pyridine rings is 1. The quantitative estimate of drug-likeness (QED) is 0.656. The van der Waals surface area contributed by atoms with E-state index < -0.39 is 0 Å². The molecule has 1 aromatic heterocycles. The molecule has 6 heteroatoms. The average molecular weight is 280 g/mol. The topological polar surface area (TPSA) is 66.5 Å². The number of methoxy groups -OCH3 is 1. The Balaban J connectivity index is 2.35. The first-order valence-corrected chi connectivity index (χ1v) is 6.75. The van der Waals surface area contributed by atoms with Gasteiger partial charge in [0.2, 0.25) is 0 Å². The van der Waals surface area contributed by atoms with Crippen LogP contribution in [0.5, 0.6) is 0 Å². The lowest BCUT2D eigenvalue weighted by Crippen LogP contribution is -2.25. The molecule has 2 N–H and O–H groups in total. The van der Waals surface area contributed by atoms with Gasteiger partial charge in [-0.1, -0.05) is 0 Å². The molecule has 0 aliphatic rings. The lowest BCUT2D eigenvalue weighted by atomic mass is 10.2. The van der Waals surface area contributed by atoms with E-state index in [0.717, 1.165) is 25.3 Å². The van der Waals surface area contributed by atoms with Crippen LogP contribution in [0.2, 0.25) is 0 Å². The number of rotatable bonds is 9. The third kappa shape index (κ3) is 6.49. The van der Waals surface area contributed by atoms with Gasteiger partial charge in [0.25, 0.3) is 5.91 Å². The summed E-state index contributed by atoms with van der Waals surface area (Å²) in [4.78, 5) is 18.1. The Kier molecular flexibility index (Phi) is 7.60. The number of ether oxygens (including phenoxy) is 1. The first kappa shape index (κ1) is 16.4. The Morgan fingerprint density at radius 3 is 2.75 bits per heavy atom. The highest BCUT2D eigenvalue weighted by Crippen LogP contribution is 2.04. The van der Waals surface area contributed by atoms with Gasteiger partial charge in [-0.2, -0.15) is 0 Å². The van der Waals surface area contributed by atoms with Crippen LogP contribution in [0.4, 0.5) is 5.82 Å². The fraction of sp³-hybridized carbons (Fsp3) is 0.571. The Bertz CT molecular complexity index is 393. The second kappa shape index (κ2) is 9.28. The van der Waals surface area contributed by atoms with E-state index in [9.17, 15) is 4.79 Å². The van der Waals surface area contributed by atoms with Gasteiger partial charge in [-0.25, -0.2) is 4.98 Å². The van der Waals surface area contributed by atoms with E-state index in [1.54, 1.807) is 19.4 Å². The van der Waals surface area contributed by atoms with Crippen LogP contribution >= 0.6 is 0 Å². The number of hydrogen-bond acceptors (Lipinski definition) is 5. The molecule has 0 saturated heterocycles. The minimum atomic E-state index is -0.103. The van der Waals surface area contributed by atoms with Gasteiger partial charge < -0.3 is 20.3 Å². The van der Waals surface area contributed by atoms with E-state index >= 15 is 0 Å². The molecular formula is C14H24N4O2. The first-order valence-electron chi connectivity index (χ1n) is 6.75. The molecule has 0 bridgehead atoms. The summed E-state index contributed by atoms with van der Waals surface area (Å²) in [7, 11) is 5.69. The van der Waals surface area contributed by atoms with E-state index in [2.05, 4.69) is 20.5 Å². The normalized spacial score (nSPS) is 10.6. The minimum absolute atomic E-state index is 0.103. The van der Waals surface area contributed by atoms with Crippen LogP contribution in [0, 0.1) is 0 Å². The molecule has 0 atom stereocenters. The zero-order chi connectivity index (χ0) is 14.8. The first-order chi connectivity index (χ1) is 9.63. The van der Waals surface area contributed by atoms with E-state index in [0.29, 0.717) is 18.7 Å². The smallest absolute Gasteiger partial charge is 0.252 e. The third-order valence-corrected chi connectivity index (χ3v) is 2.70. The lowest BCUT2D eigenvalue weighted by Gasteiger charge is -2.11. The highest BCUT2D eigenvalue weighted by atomic mass is 16.5. The molecule has 1 aromatic rings. The van der Waals surface area contributed by atoms with Crippen molar-refractivity contribution < 1.29 is 9.53 Å². The van der Waals surface area contributed by atoms with Gasteiger partial charge in [-0.15, -0.1) is 0 Å². The maximum atomic E-state index is 11.8. The summed E-state index contributed by atoms with van der Waals surface area (Å²) in [5, 5.41) is 6.03. The molecule has 0 fully saturated rings. The molecule has 0 aromatic carbocycles. The van der Waals surface area contributed by atoms with Crippen LogP contribution in [-0.2, 0) is 4.74 Å². The largest absolute Gasteiger partial charge is 0.385 e. The molecule has 0 saturated carbocycles. The average Bonchev–Trinajstić information content (AvgIpc) is 2.44. The summed E-state index contributed by atoms with van der Waals surface area (Å²) in [5.41, 5.74) is 0.570. The minimum Gasteiger partial charge on any atom is -0.385 e. The SMILES string of the molecule is COCCCNC(=O)c1ccc(NCCN(C)C)nc1. The molecule has 0 unspecified atom stereocenters. The van der Waals surface area contributed by atoms with Crippen LogP contribution < -0.4 is 10.6 Å². The maximum absolute atomic E-state index is 11.8. The fourth-order valence-electron chi connectivity index (χ4n) is 1.56. The molecular weight excluding hydrogens is 256 g/mol. The van der Waals surface area contributed by atoms with Crippen LogP contribution in [-0.4, -0.2) is 63.2 Å². The zero-order valence-corrected chi connectivity index (χ0v) is 12.5. The summed E-state index contributed by atoms with van der Waals surface area (Å²) in [6.07, 6.45) is 2.39. The van der Waals surface area contributed by atoms with Crippen molar-refractivity contribution in [3.8, 4) is 0 Å². The van der Waals surface area contributed by atoms with Crippen molar-refractivity contribution in [2.45, 2.75) is 6.42 Å². The Morgan fingerprint density at radius 2 is 2.15 bits per heavy atom. The number of carbonyl (C=O) groups excluding carboxylic acids is 1. The van der Waals surface area contributed by atoms with Crippen LogP contribution in [0.25, 0.3) is 0 Å². The Labute approximate surface area is 120 Å². The van der Waals surface area contributed by atoms with Gasteiger partial charge >= 0.3 is 0 Å². The molecule has 1 amide bonds. The maximum Gasteiger partial charge on any atom is 0.252 e. The molecule has 20 heavy (non-hydrogen) atoms. The van der Waals surface area contributed by atoms with Crippen molar-refractivity contribution in [3.05, 3.63) is 23.9 Å². The summed E-state index contributed by atoms with van der Waals surface area (Å²) in [6, 6.07) is 3.59. The standard InChI is InChI=1S/C14H24N4O2/c1-18(2)9-8-15-13-6-5-12(11-17-13)14(19)16-7-4-10-20-3/h5-6,11H,4,7-10H2,1-3H3,(H,15,17)(H,16,19). The summed E-state index contributed by atoms with van der Waals surface area (Å²) >= 11 is 0. The predicted octanol–water partition coefficient (Wildman–Crippen LogP) is 0.821. The second-order valence-corrected chi connectivity index (χ2v) is 4.76. The predicted molar refractivity (Wildman–Crippen MR) is 80.1 cm³/mol. The molecule has 0 aliphatic carbocycles. The van der Waals surface area contributed by atoms with Crippen molar-refractivity contribution in [2.75, 3.05) is 52.8 Å². The summed E-state index contributed by atoms with van der Waals surface area (Å²) in [5.74, 6) is 0.677. The van der Waals surface area contributed by atoms with Crippen molar-refractivity contribution >= 4 is 11.7 Å². The summed E-state index contributed by atoms with van der Waals surface area (Å²) < 4.78 is 4.92.